The Morgan fingerprint density at radius 2 is 1.81 bits per heavy atom. The number of carboxylic acid groups (broad SMARTS) is 1. The van der Waals surface area contributed by atoms with Gasteiger partial charge in [0.15, 0.2) is 5.60 Å². The van der Waals surface area contributed by atoms with Crippen molar-refractivity contribution in [2.24, 2.45) is 22.7 Å². The quantitative estimate of drug-likeness (QED) is 0.552. The fraction of sp³-hybridized carbons (Fsp3) is 0.950. The van der Waals surface area contributed by atoms with E-state index in [-0.39, 0.29) is 23.4 Å². The first-order chi connectivity index (χ1) is 11.8. The van der Waals surface area contributed by atoms with Crippen LogP contribution in [0.2, 0.25) is 0 Å². The lowest BCUT2D eigenvalue weighted by atomic mass is 9.42. The van der Waals surface area contributed by atoms with Gasteiger partial charge >= 0.3 is 5.97 Å². The molecule has 0 aromatic heterocycles. The molecule has 0 radical (unpaired) electrons. The number of fused-ring (bicyclic) bond motifs is 4. The van der Waals surface area contributed by atoms with E-state index in [1.165, 1.54) is 0 Å². The maximum atomic E-state index is 12.1. The second kappa shape index (κ2) is 5.02. The van der Waals surface area contributed by atoms with Gasteiger partial charge in [-0.1, -0.05) is 13.3 Å². The summed E-state index contributed by atoms with van der Waals surface area (Å²) in [4.78, 5) is 12.1. The molecule has 0 aromatic rings. The highest BCUT2D eigenvalue weighted by atomic mass is 16.6. The van der Waals surface area contributed by atoms with E-state index in [0.29, 0.717) is 25.7 Å². The Morgan fingerprint density at radius 3 is 2.38 bits per heavy atom. The van der Waals surface area contributed by atoms with Crippen LogP contribution in [0, 0.1) is 22.7 Å². The molecule has 1 heterocycles. The van der Waals surface area contributed by atoms with Gasteiger partial charge in [-0.2, -0.15) is 0 Å². The van der Waals surface area contributed by atoms with Crippen LogP contribution in [0.4, 0.5) is 0 Å². The molecule has 0 aromatic carbocycles. The van der Waals surface area contributed by atoms with E-state index in [1.54, 1.807) is 13.8 Å². The molecule has 6 nitrogen and oxygen atoms in total. The molecule has 0 spiro atoms. The average molecular weight is 368 g/mol. The molecule has 0 bridgehead atoms. The van der Waals surface area contributed by atoms with Crippen LogP contribution in [0.25, 0.3) is 0 Å². The summed E-state index contributed by atoms with van der Waals surface area (Å²) in [6, 6.07) is 0. The lowest BCUT2D eigenvalue weighted by molar-refractivity contribution is -0.249. The monoisotopic (exact) mass is 368 g/mol. The fourth-order valence-electron chi connectivity index (χ4n) is 7.28. The molecule has 3 saturated carbocycles. The van der Waals surface area contributed by atoms with Gasteiger partial charge in [-0.05, 0) is 70.1 Å². The number of hydrogen-bond donors (Lipinski definition) is 4. The molecule has 0 unspecified atom stereocenters. The van der Waals surface area contributed by atoms with E-state index in [1.807, 2.05) is 6.92 Å². The van der Waals surface area contributed by atoms with Gasteiger partial charge in [-0.3, -0.25) is 4.79 Å². The highest BCUT2D eigenvalue weighted by Crippen LogP contribution is 2.69. The normalized spacial score (nSPS) is 56.1. The lowest BCUT2D eigenvalue weighted by Crippen LogP contribution is -2.71. The van der Waals surface area contributed by atoms with Crippen LogP contribution in [0.15, 0.2) is 0 Å². The zero-order valence-electron chi connectivity index (χ0n) is 16.2. The predicted octanol–water partition coefficient (Wildman–Crippen LogP) is 1.70. The number of carbonyl (C=O) groups is 1. The number of rotatable bonds is 2. The smallest absolute Gasteiger partial charge is 0.309 e. The minimum Gasteiger partial charge on any atom is -0.481 e. The van der Waals surface area contributed by atoms with Crippen LogP contribution < -0.4 is 0 Å². The third-order valence-electron chi connectivity index (χ3n) is 8.74. The van der Waals surface area contributed by atoms with Crippen molar-refractivity contribution in [2.75, 3.05) is 0 Å². The molecule has 3 aliphatic carbocycles. The Labute approximate surface area is 154 Å². The minimum absolute atomic E-state index is 0.0351. The first kappa shape index (κ1) is 18.7. The Kier molecular flexibility index (Phi) is 3.60. The molecule has 4 rings (SSSR count). The largest absolute Gasteiger partial charge is 0.481 e. The highest BCUT2D eigenvalue weighted by Gasteiger charge is 2.80. The number of aliphatic carboxylic acids is 1. The van der Waals surface area contributed by atoms with Gasteiger partial charge in [0.2, 0.25) is 0 Å². The van der Waals surface area contributed by atoms with Crippen molar-refractivity contribution >= 4 is 5.97 Å². The number of ether oxygens (including phenoxy) is 1. The van der Waals surface area contributed by atoms with Crippen LogP contribution in [-0.2, 0) is 9.53 Å². The number of carboxylic acids is 1. The van der Waals surface area contributed by atoms with E-state index in [4.69, 9.17) is 4.74 Å². The van der Waals surface area contributed by atoms with Gasteiger partial charge in [-0.25, -0.2) is 0 Å². The second-order valence-corrected chi connectivity index (χ2v) is 10.3. The third-order valence-corrected chi connectivity index (χ3v) is 8.74. The van der Waals surface area contributed by atoms with Gasteiger partial charge in [0.1, 0.15) is 6.10 Å². The molecule has 8 atom stereocenters. The zero-order valence-corrected chi connectivity index (χ0v) is 16.2. The van der Waals surface area contributed by atoms with Crippen LogP contribution in [0.3, 0.4) is 0 Å². The van der Waals surface area contributed by atoms with Crippen molar-refractivity contribution in [3.8, 4) is 0 Å². The number of hydrogen-bond acceptors (Lipinski definition) is 5. The van der Waals surface area contributed by atoms with Crippen LogP contribution >= 0.6 is 0 Å². The van der Waals surface area contributed by atoms with Crippen molar-refractivity contribution in [1.82, 2.24) is 0 Å². The van der Waals surface area contributed by atoms with E-state index in [9.17, 15) is 25.2 Å². The molecule has 1 saturated heterocycles. The Balaban J connectivity index is 1.75. The SMILES string of the molecule is CC(C)(O)[C@]12O[C@H]1C[C@@H]1[C@@]3(C)CCC[C@@](C)(C(=O)O)[C@@H]3CC[C@@]1(O)[C@H]2O. The van der Waals surface area contributed by atoms with Gasteiger partial charge in [0, 0.05) is 0 Å². The highest BCUT2D eigenvalue weighted by molar-refractivity contribution is 5.75. The summed E-state index contributed by atoms with van der Waals surface area (Å²) in [7, 11) is 0. The maximum absolute atomic E-state index is 12.1. The molecule has 26 heavy (non-hydrogen) atoms. The molecule has 6 heteroatoms. The third kappa shape index (κ3) is 1.94. The van der Waals surface area contributed by atoms with E-state index in [0.717, 1.165) is 12.8 Å². The lowest BCUT2D eigenvalue weighted by Gasteiger charge is -2.63. The standard InChI is InChI=1S/C20H32O6/c1-16(2,24)20-13(26-20)10-12-17(3)7-5-8-18(4,15(22)23)11(17)6-9-19(12,25)14(20)21/h11-14,21,24-25H,5-10H2,1-4H3,(H,22,23)/t11-,12-,13+,14-,17+,18-,19+,20+/m1/s1. The number of aliphatic hydroxyl groups is 3. The molecule has 0 amide bonds. The summed E-state index contributed by atoms with van der Waals surface area (Å²) in [5.74, 6) is -1.03. The first-order valence-electron chi connectivity index (χ1n) is 9.88. The van der Waals surface area contributed by atoms with Crippen LogP contribution in [0.1, 0.15) is 66.2 Å². The van der Waals surface area contributed by atoms with E-state index in [2.05, 4.69) is 6.92 Å². The second-order valence-electron chi connectivity index (χ2n) is 10.3. The molecule has 148 valence electrons. The molecular formula is C20H32O6. The van der Waals surface area contributed by atoms with Crippen molar-refractivity contribution in [1.29, 1.82) is 0 Å². The number of epoxide rings is 1. The predicted molar refractivity (Wildman–Crippen MR) is 93.4 cm³/mol. The van der Waals surface area contributed by atoms with Gasteiger partial charge < -0.3 is 25.2 Å². The maximum Gasteiger partial charge on any atom is 0.309 e. The van der Waals surface area contributed by atoms with Crippen molar-refractivity contribution in [2.45, 2.75) is 95.2 Å². The van der Waals surface area contributed by atoms with Crippen molar-refractivity contribution in [3.63, 3.8) is 0 Å². The van der Waals surface area contributed by atoms with Crippen molar-refractivity contribution in [3.05, 3.63) is 0 Å². The molecule has 4 aliphatic rings. The average Bonchev–Trinajstić information content (AvgIpc) is 3.25. The minimum atomic E-state index is -1.35. The van der Waals surface area contributed by atoms with E-state index >= 15 is 0 Å². The summed E-state index contributed by atoms with van der Waals surface area (Å²) < 4.78 is 5.85. The Hall–Kier alpha value is -0.690. The van der Waals surface area contributed by atoms with Gasteiger partial charge in [-0.15, -0.1) is 0 Å². The molecule has 4 fully saturated rings. The topological polar surface area (TPSA) is 111 Å². The van der Waals surface area contributed by atoms with Crippen molar-refractivity contribution < 1.29 is 30.0 Å². The molecule has 1 aliphatic heterocycles. The summed E-state index contributed by atoms with van der Waals surface area (Å²) >= 11 is 0. The molecule has 4 N–H and O–H groups in total. The zero-order chi connectivity index (χ0) is 19.3. The van der Waals surface area contributed by atoms with Crippen LogP contribution in [0.5, 0.6) is 0 Å². The fourth-order valence-corrected chi connectivity index (χ4v) is 7.28. The Morgan fingerprint density at radius 1 is 1.15 bits per heavy atom. The summed E-state index contributed by atoms with van der Waals surface area (Å²) in [6.45, 7) is 7.18. The summed E-state index contributed by atoms with van der Waals surface area (Å²) in [6.07, 6.45) is 2.31. The molecular weight excluding hydrogens is 336 g/mol. The van der Waals surface area contributed by atoms with E-state index < -0.39 is 34.3 Å². The van der Waals surface area contributed by atoms with Gasteiger partial charge in [0.05, 0.1) is 22.7 Å². The number of aliphatic hydroxyl groups excluding tert-OH is 1. The first-order valence-corrected chi connectivity index (χ1v) is 9.88. The summed E-state index contributed by atoms with van der Waals surface area (Å²) in [5.41, 5.74) is -4.88. The summed E-state index contributed by atoms with van der Waals surface area (Å²) in [5, 5.41) is 43.3. The van der Waals surface area contributed by atoms with Crippen LogP contribution in [-0.4, -0.2) is 55.4 Å². The Bertz CT molecular complexity index is 643. The van der Waals surface area contributed by atoms with Gasteiger partial charge in [0.25, 0.3) is 0 Å².